The Bertz CT molecular complexity index is 360. The fourth-order valence-corrected chi connectivity index (χ4v) is 2.14. The summed E-state index contributed by atoms with van der Waals surface area (Å²) in [5.41, 5.74) is 0. The fraction of sp³-hybridized carbons (Fsp3) is 0.800. The van der Waals surface area contributed by atoms with Gasteiger partial charge >= 0.3 is 11.9 Å². The second kappa shape index (κ2) is 14.0. The van der Waals surface area contributed by atoms with Crippen LogP contribution in [0.2, 0.25) is 0 Å². The number of carbonyl (C=O) groups is 3. The Morgan fingerprint density at radius 2 is 1.57 bits per heavy atom. The molecular weight excluding hydrogens is 306 g/mol. The van der Waals surface area contributed by atoms with E-state index in [2.05, 4.69) is 22.0 Å². The number of amides is 1. The average Bonchev–Trinajstić information content (AvgIpc) is 2.56. The first kappa shape index (κ1) is 21.3. The predicted molar refractivity (Wildman–Crippen MR) is 81.2 cm³/mol. The molecule has 0 aromatic heterocycles. The second-order valence-corrected chi connectivity index (χ2v) is 5.40. The second-order valence-electron chi connectivity index (χ2n) is 5.40. The van der Waals surface area contributed by atoms with E-state index < -0.39 is 18.0 Å². The molecule has 0 spiro atoms. The van der Waals surface area contributed by atoms with Gasteiger partial charge in [0, 0.05) is 12.8 Å². The number of nitrogens with one attached hydrogen (secondary N) is 1. The molecule has 8 heteroatoms. The van der Waals surface area contributed by atoms with Crippen LogP contribution in [0.25, 0.3) is 0 Å². The SMILES string of the molecule is CCCCCCCCC(=O)NC(CCCC(=O)OO)C(=O)OO. The highest BCUT2D eigenvalue weighted by Crippen LogP contribution is 2.08. The van der Waals surface area contributed by atoms with Crippen LogP contribution in [0.5, 0.6) is 0 Å². The molecule has 23 heavy (non-hydrogen) atoms. The van der Waals surface area contributed by atoms with E-state index in [9.17, 15) is 14.4 Å². The lowest BCUT2D eigenvalue weighted by atomic mass is 10.1. The van der Waals surface area contributed by atoms with Crippen molar-refractivity contribution in [2.24, 2.45) is 0 Å². The van der Waals surface area contributed by atoms with Crippen LogP contribution in [-0.4, -0.2) is 34.4 Å². The Balaban J connectivity index is 4.04. The van der Waals surface area contributed by atoms with Crippen LogP contribution in [0.4, 0.5) is 0 Å². The molecule has 0 radical (unpaired) electrons. The number of unbranched alkanes of at least 4 members (excludes halogenated alkanes) is 5. The molecule has 134 valence electrons. The molecule has 0 aromatic rings. The number of carbonyl (C=O) groups excluding carboxylic acids is 3. The van der Waals surface area contributed by atoms with Crippen molar-refractivity contribution in [3.05, 3.63) is 0 Å². The zero-order valence-corrected chi connectivity index (χ0v) is 13.6. The van der Waals surface area contributed by atoms with Gasteiger partial charge in [-0.3, -0.25) is 9.68 Å². The predicted octanol–water partition coefficient (Wildman–Crippen LogP) is 2.42. The van der Waals surface area contributed by atoms with E-state index in [1.807, 2.05) is 0 Å². The summed E-state index contributed by atoms with van der Waals surface area (Å²) in [7, 11) is 0. The maximum Gasteiger partial charge on any atom is 0.364 e. The van der Waals surface area contributed by atoms with Gasteiger partial charge < -0.3 is 10.2 Å². The minimum absolute atomic E-state index is 0.0940. The molecule has 0 rings (SSSR count). The van der Waals surface area contributed by atoms with Crippen LogP contribution >= 0.6 is 0 Å². The molecule has 0 aliphatic heterocycles. The quantitative estimate of drug-likeness (QED) is 0.269. The highest BCUT2D eigenvalue weighted by molar-refractivity contribution is 5.84. The summed E-state index contributed by atoms with van der Waals surface area (Å²) >= 11 is 0. The molecule has 0 heterocycles. The molecule has 1 atom stereocenters. The lowest BCUT2D eigenvalue weighted by Gasteiger charge is -2.15. The van der Waals surface area contributed by atoms with Gasteiger partial charge in [0.1, 0.15) is 6.04 Å². The number of hydrogen-bond donors (Lipinski definition) is 3. The van der Waals surface area contributed by atoms with E-state index >= 15 is 0 Å². The summed E-state index contributed by atoms with van der Waals surface area (Å²) in [6.45, 7) is 2.13. The summed E-state index contributed by atoms with van der Waals surface area (Å²) in [5.74, 6) is -2.13. The molecule has 0 aliphatic rings. The summed E-state index contributed by atoms with van der Waals surface area (Å²) in [6.07, 6.45) is 6.72. The van der Waals surface area contributed by atoms with Crippen LogP contribution in [-0.2, 0) is 24.2 Å². The van der Waals surface area contributed by atoms with Crippen molar-refractivity contribution in [3.8, 4) is 0 Å². The van der Waals surface area contributed by atoms with Gasteiger partial charge in [0.25, 0.3) is 0 Å². The first-order valence-electron chi connectivity index (χ1n) is 8.04. The van der Waals surface area contributed by atoms with Gasteiger partial charge in [-0.05, 0) is 19.3 Å². The maximum atomic E-state index is 11.8. The Hall–Kier alpha value is -1.67. The van der Waals surface area contributed by atoms with Crippen LogP contribution in [0, 0.1) is 0 Å². The van der Waals surface area contributed by atoms with Gasteiger partial charge in [0.05, 0.1) is 0 Å². The van der Waals surface area contributed by atoms with Crippen LogP contribution in [0.15, 0.2) is 0 Å². The topological polar surface area (TPSA) is 122 Å². The van der Waals surface area contributed by atoms with Crippen molar-refractivity contribution in [2.45, 2.75) is 77.2 Å². The minimum Gasteiger partial charge on any atom is -0.343 e. The van der Waals surface area contributed by atoms with Crippen molar-refractivity contribution in [2.75, 3.05) is 0 Å². The van der Waals surface area contributed by atoms with Gasteiger partial charge in [-0.2, -0.15) is 10.5 Å². The Morgan fingerprint density at radius 1 is 0.913 bits per heavy atom. The van der Waals surface area contributed by atoms with Crippen molar-refractivity contribution >= 4 is 17.8 Å². The standard InChI is InChI=1S/C15H27NO7/c1-2-3-4-5-6-7-10-13(17)16-12(15(19)23-21)9-8-11-14(18)22-20/h12,20-21H,2-11H2,1H3,(H,16,17). The lowest BCUT2D eigenvalue weighted by molar-refractivity contribution is -0.237. The molecule has 0 bridgehead atoms. The third kappa shape index (κ3) is 11.5. The zero-order chi connectivity index (χ0) is 17.5. The Labute approximate surface area is 136 Å². The van der Waals surface area contributed by atoms with Crippen molar-refractivity contribution < 1.29 is 34.7 Å². The average molecular weight is 333 g/mol. The Morgan fingerprint density at radius 3 is 2.17 bits per heavy atom. The molecule has 3 N–H and O–H groups in total. The summed E-state index contributed by atoms with van der Waals surface area (Å²) in [5, 5.41) is 19.0. The first-order chi connectivity index (χ1) is 11.0. The molecule has 0 fully saturated rings. The van der Waals surface area contributed by atoms with Crippen LogP contribution < -0.4 is 5.32 Å². The summed E-state index contributed by atoms with van der Waals surface area (Å²) in [4.78, 5) is 41.1. The highest BCUT2D eigenvalue weighted by atomic mass is 17.1. The van der Waals surface area contributed by atoms with Crippen LogP contribution in [0.3, 0.4) is 0 Å². The molecule has 0 saturated carbocycles. The number of rotatable bonds is 13. The third-order valence-electron chi connectivity index (χ3n) is 3.44. The Kier molecular flexibility index (Phi) is 12.9. The maximum absolute atomic E-state index is 11.8. The molecule has 8 nitrogen and oxygen atoms in total. The molecular formula is C15H27NO7. The molecule has 0 aromatic carbocycles. The summed E-state index contributed by atoms with van der Waals surface area (Å²) in [6, 6.07) is -1.03. The minimum atomic E-state index is -1.03. The van der Waals surface area contributed by atoms with E-state index in [-0.39, 0.29) is 25.2 Å². The third-order valence-corrected chi connectivity index (χ3v) is 3.44. The normalized spacial score (nSPS) is 11.6. The molecule has 0 saturated heterocycles. The van der Waals surface area contributed by atoms with Gasteiger partial charge in [-0.15, -0.1) is 0 Å². The first-order valence-corrected chi connectivity index (χ1v) is 8.04. The van der Waals surface area contributed by atoms with Gasteiger partial charge in [-0.25, -0.2) is 9.59 Å². The van der Waals surface area contributed by atoms with Crippen molar-refractivity contribution in [1.82, 2.24) is 5.32 Å². The van der Waals surface area contributed by atoms with E-state index in [1.54, 1.807) is 0 Å². The van der Waals surface area contributed by atoms with Crippen LogP contribution in [0.1, 0.15) is 71.1 Å². The van der Waals surface area contributed by atoms with E-state index in [0.29, 0.717) is 6.42 Å². The molecule has 0 aliphatic carbocycles. The van der Waals surface area contributed by atoms with Gasteiger partial charge in [-0.1, -0.05) is 39.0 Å². The summed E-state index contributed by atoms with van der Waals surface area (Å²) < 4.78 is 0. The highest BCUT2D eigenvalue weighted by Gasteiger charge is 2.22. The number of hydrogen-bond acceptors (Lipinski definition) is 7. The van der Waals surface area contributed by atoms with Crippen molar-refractivity contribution in [1.29, 1.82) is 0 Å². The monoisotopic (exact) mass is 333 g/mol. The smallest absolute Gasteiger partial charge is 0.343 e. The van der Waals surface area contributed by atoms with Gasteiger partial charge in [0.2, 0.25) is 5.91 Å². The molecule has 1 amide bonds. The van der Waals surface area contributed by atoms with Crippen molar-refractivity contribution in [3.63, 3.8) is 0 Å². The van der Waals surface area contributed by atoms with E-state index in [4.69, 9.17) is 10.5 Å². The lowest BCUT2D eigenvalue weighted by Crippen LogP contribution is -2.41. The van der Waals surface area contributed by atoms with E-state index in [0.717, 1.165) is 32.1 Å². The van der Waals surface area contributed by atoms with E-state index in [1.165, 1.54) is 6.42 Å². The molecule has 1 unspecified atom stereocenters. The largest absolute Gasteiger partial charge is 0.364 e. The fourth-order valence-electron chi connectivity index (χ4n) is 2.14. The zero-order valence-electron chi connectivity index (χ0n) is 13.6. The van der Waals surface area contributed by atoms with Gasteiger partial charge in [0.15, 0.2) is 0 Å².